The first-order valence-electron chi connectivity index (χ1n) is 4.44. The van der Waals surface area contributed by atoms with Gasteiger partial charge in [0.15, 0.2) is 0 Å². The summed E-state index contributed by atoms with van der Waals surface area (Å²) in [5, 5.41) is 0. The van der Waals surface area contributed by atoms with E-state index in [1.54, 1.807) is 0 Å². The van der Waals surface area contributed by atoms with Gasteiger partial charge in [-0.25, -0.2) is 0 Å². The van der Waals surface area contributed by atoms with E-state index in [2.05, 4.69) is 40.0 Å². The summed E-state index contributed by atoms with van der Waals surface area (Å²) in [7, 11) is 0. The predicted octanol–water partition coefficient (Wildman–Crippen LogP) is 3.52. The van der Waals surface area contributed by atoms with Gasteiger partial charge in [-0.2, -0.15) is 0 Å². The Bertz CT molecular complexity index is 107. The quantitative estimate of drug-likeness (QED) is 0.689. The molecule has 0 aromatic heterocycles. The number of hydrogen-bond acceptors (Lipinski definition) is 0. The first-order chi connectivity index (χ1) is 4.83. The van der Waals surface area contributed by atoms with Crippen LogP contribution in [0.25, 0.3) is 0 Å². The van der Waals surface area contributed by atoms with Gasteiger partial charge in [-0.05, 0) is 0 Å². The third-order valence-corrected chi connectivity index (χ3v) is 37.8. The molecule has 0 aromatic rings. The van der Waals surface area contributed by atoms with Gasteiger partial charge in [0, 0.05) is 0 Å². The fraction of sp³-hybridized carbons (Fsp3) is 1.00. The van der Waals surface area contributed by atoms with Crippen molar-refractivity contribution in [2.75, 3.05) is 0 Å². The van der Waals surface area contributed by atoms with Crippen molar-refractivity contribution in [1.29, 1.82) is 0 Å². The van der Waals surface area contributed by atoms with Crippen molar-refractivity contribution in [3.63, 3.8) is 0 Å². The molecule has 0 bridgehead atoms. The molecule has 3 heteroatoms. The summed E-state index contributed by atoms with van der Waals surface area (Å²) in [4.78, 5) is 0. The van der Waals surface area contributed by atoms with Crippen LogP contribution in [0.1, 0.15) is 13.8 Å². The van der Waals surface area contributed by atoms with Crippen LogP contribution >= 0.6 is 0 Å². The third-order valence-electron chi connectivity index (χ3n) is 2.07. The molecule has 0 N–H and O–H groups in total. The summed E-state index contributed by atoms with van der Waals surface area (Å²) >= 11 is 0.600. The maximum absolute atomic E-state index is 2.59. The Hall–Kier alpha value is 1.71. The molecule has 0 aliphatic rings. The molecule has 0 atom stereocenters. The van der Waals surface area contributed by atoms with Gasteiger partial charge in [-0.1, -0.05) is 0 Å². The summed E-state index contributed by atoms with van der Waals surface area (Å²) in [5.41, 5.74) is 0. The van der Waals surface area contributed by atoms with E-state index in [4.69, 9.17) is 0 Å². The topological polar surface area (TPSA) is 0 Å². The van der Waals surface area contributed by atoms with Crippen LogP contribution in [-0.4, -0.2) is 6.27 Å². The molecule has 0 aromatic carbocycles. The fourth-order valence-corrected chi connectivity index (χ4v) is 46.1. The summed E-state index contributed by atoms with van der Waals surface area (Å²) < 4.78 is -1.32. The van der Waals surface area contributed by atoms with E-state index in [9.17, 15) is 0 Å². The van der Waals surface area contributed by atoms with Crippen LogP contribution in [0.3, 0.4) is 0 Å². The van der Waals surface area contributed by atoms with Crippen molar-refractivity contribution >= 4 is 6.27 Å². The van der Waals surface area contributed by atoms with Gasteiger partial charge in [0.05, 0.1) is 0 Å². The van der Waals surface area contributed by atoms with Crippen molar-refractivity contribution < 1.29 is 32.1 Å². The van der Waals surface area contributed by atoms with Crippen LogP contribution in [0, 0.1) is 32.1 Å². The summed E-state index contributed by atoms with van der Waals surface area (Å²) in [6.45, 7) is 15.1. The molecule has 0 heterocycles. The third kappa shape index (κ3) is 5.87. The van der Waals surface area contributed by atoms with E-state index in [1.165, 1.54) is 12.1 Å². The Kier molecular flexibility index (Phi) is 5.55. The normalized spacial score (nSPS) is 14.0. The van der Waals surface area contributed by atoms with Crippen LogP contribution in [0.15, 0.2) is 0 Å². The Morgan fingerprint density at radius 1 is 0.818 bits per heavy atom. The maximum atomic E-state index is 2.59. The molecule has 0 unspecified atom stereocenters. The zero-order valence-electron chi connectivity index (χ0n) is 8.73. The van der Waals surface area contributed by atoms with Crippen LogP contribution in [0.2, 0.25) is 38.3 Å². The molecule has 0 rings (SSSR count). The molecule has 0 radical (unpaired) electrons. The average Bonchev–Trinajstić information content (AvgIpc) is 1.86. The molecule has 0 aliphatic carbocycles. The van der Waals surface area contributed by atoms with Crippen LogP contribution < -0.4 is 0 Å². The first kappa shape index (κ1) is 12.7. The van der Waals surface area contributed by atoms with Gasteiger partial charge in [0.1, 0.15) is 0 Å². The number of hydrogen-bond donors (Lipinski definition) is 0. The SMILES string of the molecule is CC[Si](C)(C)[Dy][Si](C)(C)CC. The molecular weight excluding hydrogens is 315 g/mol. The Morgan fingerprint density at radius 3 is 1.27 bits per heavy atom. The molecule has 0 nitrogen and oxygen atoms in total. The van der Waals surface area contributed by atoms with E-state index in [-0.39, 0.29) is 0 Å². The summed E-state index contributed by atoms with van der Waals surface area (Å²) in [5.74, 6) is 0. The van der Waals surface area contributed by atoms with Gasteiger partial charge in [0.25, 0.3) is 0 Å². The molecular formula is C8H22DySi2. The van der Waals surface area contributed by atoms with E-state index < -0.39 is 6.27 Å². The second-order valence-electron chi connectivity index (χ2n) is 4.06. The summed E-state index contributed by atoms with van der Waals surface area (Å²) in [6, 6.07) is 3.02. The van der Waals surface area contributed by atoms with E-state index in [0.717, 1.165) is 0 Å². The minimum atomic E-state index is -0.661. The molecule has 0 fully saturated rings. The molecule has 0 aliphatic heterocycles. The summed E-state index contributed by atoms with van der Waals surface area (Å²) in [6.07, 6.45) is 0. The Balaban J connectivity index is 4.02. The van der Waals surface area contributed by atoms with Gasteiger partial charge in [0.2, 0.25) is 0 Å². The zero-order chi connectivity index (χ0) is 9.12. The van der Waals surface area contributed by atoms with Crippen molar-refractivity contribution in [2.45, 2.75) is 52.1 Å². The fourth-order valence-electron chi connectivity index (χ4n) is 0.691. The predicted molar refractivity (Wildman–Crippen MR) is 55.9 cm³/mol. The van der Waals surface area contributed by atoms with E-state index in [1.807, 2.05) is 0 Å². The van der Waals surface area contributed by atoms with Gasteiger partial charge >= 0.3 is 90.5 Å². The van der Waals surface area contributed by atoms with Crippen molar-refractivity contribution in [3.8, 4) is 0 Å². The van der Waals surface area contributed by atoms with Gasteiger partial charge in [-0.15, -0.1) is 0 Å². The van der Waals surface area contributed by atoms with Crippen LogP contribution in [-0.2, 0) is 0 Å². The second-order valence-corrected chi connectivity index (χ2v) is 33.7. The molecule has 72 valence electrons. The molecule has 0 saturated carbocycles. The van der Waals surface area contributed by atoms with Crippen molar-refractivity contribution in [3.05, 3.63) is 0 Å². The van der Waals surface area contributed by atoms with Crippen molar-refractivity contribution in [2.24, 2.45) is 0 Å². The average molecular weight is 337 g/mol. The standard InChI is InChI=1S/2C4H11Si.Dy/c2*1-4-5(2)3;/h2*4H2,1-3H3;. The van der Waals surface area contributed by atoms with Crippen LogP contribution in [0.4, 0.5) is 0 Å². The molecule has 11 heavy (non-hydrogen) atoms. The monoisotopic (exact) mass is 338 g/mol. The van der Waals surface area contributed by atoms with Crippen LogP contribution in [0.5, 0.6) is 0 Å². The Labute approximate surface area is 89.4 Å². The Morgan fingerprint density at radius 2 is 1.09 bits per heavy atom. The van der Waals surface area contributed by atoms with Gasteiger partial charge < -0.3 is 0 Å². The van der Waals surface area contributed by atoms with E-state index in [0.29, 0.717) is 32.1 Å². The van der Waals surface area contributed by atoms with Gasteiger partial charge in [-0.3, -0.25) is 0 Å². The molecule has 0 saturated heterocycles. The van der Waals surface area contributed by atoms with Crippen molar-refractivity contribution in [1.82, 2.24) is 0 Å². The second kappa shape index (κ2) is 4.81. The molecule has 0 amide bonds. The zero-order valence-corrected chi connectivity index (χ0v) is 12.8. The first-order valence-corrected chi connectivity index (χ1v) is 16.6. The van der Waals surface area contributed by atoms with E-state index >= 15 is 0 Å². The number of rotatable bonds is 4. The minimum absolute atomic E-state index is 0.600. The molecule has 0 spiro atoms.